The molecule has 0 atom stereocenters. The molecule has 5 heterocycles. The minimum atomic E-state index is -4.60. The minimum absolute atomic E-state index is 0.218. The molecule has 1 aromatic carbocycles. The molecule has 0 saturated carbocycles. The number of anilines is 2. The molecule has 0 fully saturated rings. The summed E-state index contributed by atoms with van der Waals surface area (Å²) in [5.41, 5.74) is 2.54. The van der Waals surface area contributed by atoms with Crippen LogP contribution in [0.15, 0.2) is 53.8 Å². The lowest BCUT2D eigenvalue weighted by atomic mass is 9.98. The van der Waals surface area contributed by atoms with Crippen molar-refractivity contribution in [1.29, 1.82) is 0 Å². The summed E-state index contributed by atoms with van der Waals surface area (Å²) in [6.45, 7) is 5.04. The van der Waals surface area contributed by atoms with E-state index in [1.165, 1.54) is 11.3 Å². The predicted molar refractivity (Wildman–Crippen MR) is 151 cm³/mol. The number of hydrogen-bond acceptors (Lipinski definition) is 10. The number of benzene rings is 1. The third-order valence-electron chi connectivity index (χ3n) is 6.49. The molecule has 16 heteroatoms. The van der Waals surface area contributed by atoms with E-state index in [9.17, 15) is 21.6 Å². The number of hydrogen-bond donors (Lipinski definition) is 2. The molecule has 0 saturated heterocycles. The molecule has 3 aromatic rings. The largest absolute Gasteiger partial charge is 0.416 e. The quantitative estimate of drug-likeness (QED) is 0.285. The SMILES string of the molecule is Cc1nnc(/N=c2\ncc3cc(-c4cc(NS(=O)(=O)Cc5cc(C(F)(F)F)ccn5)ccc4C)c4n(c-3n2)CCN4)s1. The first-order valence-electron chi connectivity index (χ1n) is 12.6. The molecular weight excluding hydrogens is 591 g/mol. The summed E-state index contributed by atoms with van der Waals surface area (Å²) < 4.78 is 69.5. The van der Waals surface area contributed by atoms with Gasteiger partial charge in [0.15, 0.2) is 0 Å². The van der Waals surface area contributed by atoms with Crippen molar-refractivity contribution in [3.05, 3.63) is 76.2 Å². The van der Waals surface area contributed by atoms with Crippen LogP contribution in [0.25, 0.3) is 22.5 Å². The van der Waals surface area contributed by atoms with E-state index in [2.05, 4.69) is 40.2 Å². The van der Waals surface area contributed by atoms with Gasteiger partial charge < -0.3 is 9.88 Å². The van der Waals surface area contributed by atoms with E-state index in [1.807, 2.05) is 24.5 Å². The summed E-state index contributed by atoms with van der Waals surface area (Å²) in [4.78, 5) is 17.2. The molecule has 0 aliphatic carbocycles. The Hall–Kier alpha value is -4.44. The number of sulfonamides is 1. The second-order valence-electron chi connectivity index (χ2n) is 9.57. The molecule has 0 unspecified atom stereocenters. The van der Waals surface area contributed by atoms with E-state index in [1.54, 1.807) is 24.4 Å². The fourth-order valence-electron chi connectivity index (χ4n) is 4.66. The van der Waals surface area contributed by atoms with Crippen molar-refractivity contribution in [1.82, 2.24) is 29.7 Å². The summed E-state index contributed by atoms with van der Waals surface area (Å²) in [5, 5.41) is 12.6. The molecular formula is C26H22F3N9O2S2. The van der Waals surface area contributed by atoms with Gasteiger partial charge in [-0.15, -0.1) is 10.2 Å². The number of alkyl halides is 3. The Labute approximate surface area is 241 Å². The highest BCUT2D eigenvalue weighted by molar-refractivity contribution is 7.91. The number of nitrogens with one attached hydrogen (secondary N) is 2. The van der Waals surface area contributed by atoms with Crippen molar-refractivity contribution < 1.29 is 21.6 Å². The van der Waals surface area contributed by atoms with Crippen LogP contribution in [0.2, 0.25) is 0 Å². The second-order valence-corrected chi connectivity index (χ2v) is 12.5. The molecule has 11 nitrogen and oxygen atoms in total. The van der Waals surface area contributed by atoms with Gasteiger partial charge >= 0.3 is 6.18 Å². The van der Waals surface area contributed by atoms with Gasteiger partial charge in [0.05, 0.1) is 11.3 Å². The lowest BCUT2D eigenvalue weighted by molar-refractivity contribution is -0.137. The fourth-order valence-corrected chi connectivity index (χ4v) is 6.32. The molecule has 6 rings (SSSR count). The molecule has 216 valence electrons. The number of fused-ring (bicyclic) bond motifs is 3. The van der Waals surface area contributed by atoms with Gasteiger partial charge in [0.1, 0.15) is 22.4 Å². The van der Waals surface area contributed by atoms with Crippen LogP contribution in [-0.4, -0.2) is 44.7 Å². The van der Waals surface area contributed by atoms with E-state index in [0.717, 1.165) is 51.4 Å². The van der Waals surface area contributed by atoms with Gasteiger partial charge in [-0.3, -0.25) is 9.71 Å². The van der Waals surface area contributed by atoms with Crippen molar-refractivity contribution in [2.45, 2.75) is 32.3 Å². The number of halogens is 3. The number of aryl methyl sites for hydroxylation is 2. The Morgan fingerprint density at radius 3 is 2.69 bits per heavy atom. The third-order valence-corrected chi connectivity index (χ3v) is 8.44. The molecule has 0 bridgehead atoms. The van der Waals surface area contributed by atoms with Gasteiger partial charge in [-0.1, -0.05) is 17.4 Å². The zero-order chi connectivity index (χ0) is 29.6. The molecule has 42 heavy (non-hydrogen) atoms. The maximum absolute atomic E-state index is 13.1. The Balaban J connectivity index is 1.34. The molecule has 0 radical (unpaired) electrons. The summed E-state index contributed by atoms with van der Waals surface area (Å²) in [5.74, 6) is 0.761. The van der Waals surface area contributed by atoms with E-state index in [4.69, 9.17) is 0 Å². The van der Waals surface area contributed by atoms with Crippen LogP contribution in [0, 0.1) is 13.8 Å². The first kappa shape index (κ1) is 27.7. The molecule has 3 aliphatic rings. The highest BCUT2D eigenvalue weighted by atomic mass is 32.2. The second kappa shape index (κ2) is 10.4. The highest BCUT2D eigenvalue weighted by Crippen LogP contribution is 2.39. The summed E-state index contributed by atoms with van der Waals surface area (Å²) in [7, 11) is -4.08. The van der Waals surface area contributed by atoms with Crippen LogP contribution < -0.4 is 15.7 Å². The van der Waals surface area contributed by atoms with Gasteiger partial charge in [-0.25, -0.2) is 13.4 Å². The van der Waals surface area contributed by atoms with Gasteiger partial charge in [-0.05, 0) is 55.3 Å². The number of rotatable bonds is 6. The molecule has 0 amide bonds. The summed E-state index contributed by atoms with van der Waals surface area (Å²) >= 11 is 1.34. The van der Waals surface area contributed by atoms with E-state index >= 15 is 0 Å². The molecule has 2 N–H and O–H groups in total. The molecule has 2 aromatic heterocycles. The smallest absolute Gasteiger partial charge is 0.369 e. The first-order valence-corrected chi connectivity index (χ1v) is 15.0. The fraction of sp³-hybridized carbons (Fsp3) is 0.231. The minimum Gasteiger partial charge on any atom is -0.369 e. The van der Waals surface area contributed by atoms with Crippen LogP contribution >= 0.6 is 11.3 Å². The standard InChI is InChI=1S/C26H22F3N9O2S2/c1-14-3-4-18(37-42(39,40)13-19-10-17(5-6-30-19)26(27,28)29)11-20(14)21-9-16-12-32-24(34-25-36-35-15(2)41-25)33-22(16)38-8-7-31-23(21)38/h3-6,9-12,31,37H,7-8,13H2,1-2H3/b34-24+. The topological polar surface area (TPSA) is 140 Å². The van der Waals surface area contributed by atoms with Crippen molar-refractivity contribution in [3.8, 4) is 22.5 Å². The predicted octanol–water partition coefficient (Wildman–Crippen LogP) is 4.53. The average molecular weight is 614 g/mol. The monoisotopic (exact) mass is 613 g/mol. The average Bonchev–Trinajstić information content (AvgIpc) is 3.58. The third kappa shape index (κ3) is 5.67. The normalized spacial score (nSPS) is 13.8. The molecule has 3 aliphatic heterocycles. The van der Waals surface area contributed by atoms with E-state index in [-0.39, 0.29) is 17.0 Å². The van der Waals surface area contributed by atoms with E-state index in [0.29, 0.717) is 24.0 Å². The number of nitrogens with zero attached hydrogens (tertiary/aromatic N) is 7. The van der Waals surface area contributed by atoms with Crippen LogP contribution in [-0.2, 0) is 28.5 Å². The maximum Gasteiger partial charge on any atom is 0.416 e. The van der Waals surface area contributed by atoms with Crippen LogP contribution in [0.5, 0.6) is 0 Å². The van der Waals surface area contributed by atoms with E-state index < -0.39 is 27.5 Å². The summed E-state index contributed by atoms with van der Waals surface area (Å²) in [6, 6.07) is 8.51. The first-order chi connectivity index (χ1) is 19.9. The Morgan fingerprint density at radius 2 is 1.93 bits per heavy atom. The van der Waals surface area contributed by atoms with Crippen LogP contribution in [0.1, 0.15) is 21.8 Å². The van der Waals surface area contributed by atoms with Crippen LogP contribution in [0.4, 0.5) is 29.8 Å². The Kier molecular flexibility index (Phi) is 6.89. The number of pyridine rings is 2. The highest BCUT2D eigenvalue weighted by Gasteiger charge is 2.31. The lowest BCUT2D eigenvalue weighted by Crippen LogP contribution is -2.17. The zero-order valence-electron chi connectivity index (χ0n) is 22.1. The molecule has 0 spiro atoms. The van der Waals surface area contributed by atoms with Gasteiger partial charge in [-0.2, -0.15) is 23.1 Å². The van der Waals surface area contributed by atoms with Crippen molar-refractivity contribution in [2.75, 3.05) is 16.6 Å². The van der Waals surface area contributed by atoms with Crippen molar-refractivity contribution in [3.63, 3.8) is 0 Å². The summed E-state index contributed by atoms with van der Waals surface area (Å²) in [6.07, 6.45) is -1.99. The van der Waals surface area contributed by atoms with Crippen LogP contribution in [0.3, 0.4) is 0 Å². The lowest BCUT2D eigenvalue weighted by Gasteiger charge is -2.19. The van der Waals surface area contributed by atoms with Gasteiger partial charge in [0, 0.05) is 42.3 Å². The van der Waals surface area contributed by atoms with Gasteiger partial charge in [0.25, 0.3) is 5.62 Å². The Morgan fingerprint density at radius 1 is 1.10 bits per heavy atom. The number of aromatic nitrogens is 6. The van der Waals surface area contributed by atoms with Crippen molar-refractivity contribution in [2.24, 2.45) is 4.99 Å². The Bertz CT molecular complexity index is 1970. The maximum atomic E-state index is 13.1. The van der Waals surface area contributed by atoms with Crippen molar-refractivity contribution >= 4 is 38.0 Å². The zero-order valence-corrected chi connectivity index (χ0v) is 23.8. The van der Waals surface area contributed by atoms with Gasteiger partial charge in [0.2, 0.25) is 15.2 Å².